The molecule has 0 spiro atoms. The van der Waals surface area contributed by atoms with Crippen molar-refractivity contribution < 1.29 is 4.52 Å². The molecule has 1 aromatic heterocycles. The summed E-state index contributed by atoms with van der Waals surface area (Å²) in [6.07, 6.45) is 4.21. The fourth-order valence-corrected chi connectivity index (χ4v) is 0.492. The monoisotopic (exact) mass is 111 g/mol. The van der Waals surface area contributed by atoms with Crippen LogP contribution in [-0.2, 0) is 6.42 Å². The quantitative estimate of drug-likeness (QED) is 0.567. The summed E-state index contributed by atoms with van der Waals surface area (Å²) in [5.74, 6) is 0.743. The minimum Gasteiger partial charge on any atom is -0.329 e. The highest BCUT2D eigenvalue weighted by atomic mass is 16.5. The lowest BCUT2D eigenvalue weighted by Crippen LogP contribution is -1.83. The number of nitrogens with zero attached hydrogens (tertiary/aromatic N) is 2. The van der Waals surface area contributed by atoms with Crippen molar-refractivity contribution in [3.8, 4) is 0 Å². The molecule has 43 valence electrons. The fourth-order valence-electron chi connectivity index (χ4n) is 0.492. The van der Waals surface area contributed by atoms with Crippen LogP contribution in [0.1, 0.15) is 19.2 Å². The average Bonchev–Trinajstić information content (AvgIpc) is 2.19. The lowest BCUT2D eigenvalue weighted by molar-refractivity contribution is 0.402. The van der Waals surface area contributed by atoms with Crippen molar-refractivity contribution in [1.82, 2.24) is 10.1 Å². The lowest BCUT2D eigenvalue weighted by Gasteiger charge is -1.80. The third-order valence-electron chi connectivity index (χ3n) is 0.840. The van der Waals surface area contributed by atoms with E-state index < -0.39 is 0 Å². The van der Waals surface area contributed by atoms with Crippen molar-refractivity contribution in [1.29, 1.82) is 0 Å². The van der Waals surface area contributed by atoms with Crippen LogP contribution < -0.4 is 0 Å². The highest BCUT2D eigenvalue weighted by molar-refractivity contribution is 4.75. The molecule has 8 heavy (non-hydrogen) atoms. The van der Waals surface area contributed by atoms with E-state index in [9.17, 15) is 0 Å². The zero-order valence-corrected chi connectivity index (χ0v) is 4.72. The molecule has 0 amide bonds. The molecule has 0 saturated heterocycles. The van der Waals surface area contributed by atoms with Gasteiger partial charge >= 0.3 is 6.39 Å². The molecule has 3 nitrogen and oxygen atoms in total. The van der Waals surface area contributed by atoms with Gasteiger partial charge in [0.2, 0.25) is 0 Å². The first-order valence-corrected chi connectivity index (χ1v) is 2.62. The van der Waals surface area contributed by atoms with Gasteiger partial charge in [0.25, 0.3) is 0 Å². The molecule has 0 N–H and O–H groups in total. The predicted octanol–water partition coefficient (Wildman–Crippen LogP) is 0.822. The minimum atomic E-state index is 0.743. The largest absolute Gasteiger partial charge is 0.329 e. The third-order valence-corrected chi connectivity index (χ3v) is 0.840. The molecule has 3 heteroatoms. The fraction of sp³-hybridized carbons (Fsp3) is 0.600. The Bertz CT molecular complexity index is 136. The van der Waals surface area contributed by atoms with Crippen molar-refractivity contribution in [3.63, 3.8) is 0 Å². The van der Waals surface area contributed by atoms with Crippen molar-refractivity contribution in [2.45, 2.75) is 19.8 Å². The first-order valence-electron chi connectivity index (χ1n) is 2.62. The van der Waals surface area contributed by atoms with E-state index in [1.807, 2.05) is 0 Å². The molecular formula is C5H7N2O. The maximum absolute atomic E-state index is 4.38. The third kappa shape index (κ3) is 1.05. The Morgan fingerprint density at radius 3 is 3.12 bits per heavy atom. The Hall–Kier alpha value is -0.860. The number of hydrogen-bond donors (Lipinski definition) is 0. The van der Waals surface area contributed by atoms with E-state index in [4.69, 9.17) is 0 Å². The van der Waals surface area contributed by atoms with Crippen LogP contribution in [0, 0.1) is 6.39 Å². The standard InChI is InChI=1S/C5H7N2O/c1-2-3-5-6-4-8-7-5/h2-3H2,1H3. The first-order chi connectivity index (χ1) is 3.93. The van der Waals surface area contributed by atoms with Crippen LogP contribution in [0.5, 0.6) is 0 Å². The second kappa shape index (κ2) is 2.45. The molecule has 1 heterocycles. The van der Waals surface area contributed by atoms with Gasteiger partial charge in [-0.3, -0.25) is 0 Å². The zero-order valence-electron chi connectivity index (χ0n) is 4.72. The Kier molecular flexibility index (Phi) is 1.62. The van der Waals surface area contributed by atoms with E-state index >= 15 is 0 Å². The van der Waals surface area contributed by atoms with Crippen molar-refractivity contribution >= 4 is 0 Å². The summed E-state index contributed by atoms with van der Waals surface area (Å²) in [5.41, 5.74) is 0. The molecule has 0 aliphatic rings. The Morgan fingerprint density at radius 1 is 1.75 bits per heavy atom. The van der Waals surface area contributed by atoms with E-state index in [1.54, 1.807) is 0 Å². The van der Waals surface area contributed by atoms with Crippen LogP contribution in [0.4, 0.5) is 0 Å². The van der Waals surface area contributed by atoms with E-state index in [-0.39, 0.29) is 0 Å². The maximum Gasteiger partial charge on any atom is 0.316 e. The second-order valence-corrected chi connectivity index (χ2v) is 1.55. The van der Waals surface area contributed by atoms with Crippen molar-refractivity contribution in [2.75, 3.05) is 0 Å². The van der Waals surface area contributed by atoms with Crippen LogP contribution in [0.3, 0.4) is 0 Å². The molecule has 0 saturated carbocycles. The van der Waals surface area contributed by atoms with Gasteiger partial charge < -0.3 is 4.52 Å². The van der Waals surface area contributed by atoms with Gasteiger partial charge in [0.15, 0.2) is 5.82 Å². The van der Waals surface area contributed by atoms with Crippen LogP contribution in [0.25, 0.3) is 0 Å². The van der Waals surface area contributed by atoms with Gasteiger partial charge in [0.1, 0.15) is 0 Å². The molecule has 0 unspecified atom stereocenters. The van der Waals surface area contributed by atoms with Gasteiger partial charge in [-0.15, -0.1) is 0 Å². The molecule has 0 atom stereocenters. The van der Waals surface area contributed by atoms with E-state index in [2.05, 4.69) is 28.0 Å². The Balaban J connectivity index is 2.50. The topological polar surface area (TPSA) is 38.9 Å². The van der Waals surface area contributed by atoms with E-state index in [0.29, 0.717) is 0 Å². The zero-order chi connectivity index (χ0) is 5.82. The highest BCUT2D eigenvalue weighted by Gasteiger charge is 1.93. The smallest absolute Gasteiger partial charge is 0.316 e. The summed E-state index contributed by atoms with van der Waals surface area (Å²) in [6, 6.07) is 0. The molecule has 0 bridgehead atoms. The van der Waals surface area contributed by atoms with Gasteiger partial charge in [-0.2, -0.15) is 4.98 Å². The number of hydrogen-bond acceptors (Lipinski definition) is 3. The maximum atomic E-state index is 4.38. The number of rotatable bonds is 2. The SMILES string of the molecule is CCCc1n[c]on1. The minimum absolute atomic E-state index is 0.743. The normalized spacial score (nSPS) is 9.62. The van der Waals surface area contributed by atoms with Gasteiger partial charge in [-0.25, -0.2) is 0 Å². The first kappa shape index (κ1) is 5.28. The summed E-state index contributed by atoms with van der Waals surface area (Å²) in [4.78, 5) is 3.70. The average molecular weight is 111 g/mol. The summed E-state index contributed by atoms with van der Waals surface area (Å²) in [6.45, 7) is 2.07. The highest BCUT2D eigenvalue weighted by Crippen LogP contribution is 1.91. The van der Waals surface area contributed by atoms with E-state index in [0.717, 1.165) is 18.7 Å². The molecule has 0 aromatic carbocycles. The lowest BCUT2D eigenvalue weighted by atomic mass is 10.3. The summed E-state index contributed by atoms with van der Waals surface area (Å²) in [7, 11) is 0. The molecule has 1 rings (SSSR count). The van der Waals surface area contributed by atoms with E-state index in [1.165, 1.54) is 0 Å². The molecule has 1 aromatic rings. The Morgan fingerprint density at radius 2 is 2.62 bits per heavy atom. The van der Waals surface area contributed by atoms with Crippen LogP contribution in [0.2, 0.25) is 0 Å². The van der Waals surface area contributed by atoms with Crippen molar-refractivity contribution in [2.24, 2.45) is 0 Å². The summed E-state index contributed by atoms with van der Waals surface area (Å²) < 4.78 is 4.38. The second-order valence-electron chi connectivity index (χ2n) is 1.55. The summed E-state index contributed by atoms with van der Waals surface area (Å²) in [5, 5.41) is 3.56. The number of aromatic nitrogens is 2. The molecule has 0 aliphatic heterocycles. The summed E-state index contributed by atoms with van der Waals surface area (Å²) >= 11 is 0. The van der Waals surface area contributed by atoms with Crippen LogP contribution in [-0.4, -0.2) is 10.1 Å². The number of aryl methyl sites for hydroxylation is 1. The van der Waals surface area contributed by atoms with Gasteiger partial charge in [0, 0.05) is 6.42 Å². The molecule has 0 aliphatic carbocycles. The Labute approximate surface area is 47.7 Å². The van der Waals surface area contributed by atoms with Crippen molar-refractivity contribution in [3.05, 3.63) is 12.2 Å². The molecular weight excluding hydrogens is 104 g/mol. The van der Waals surface area contributed by atoms with Gasteiger partial charge in [0.05, 0.1) is 0 Å². The van der Waals surface area contributed by atoms with Crippen LogP contribution in [0.15, 0.2) is 4.52 Å². The van der Waals surface area contributed by atoms with Gasteiger partial charge in [-0.05, 0) is 6.42 Å². The predicted molar refractivity (Wildman–Crippen MR) is 27.1 cm³/mol. The van der Waals surface area contributed by atoms with Crippen LogP contribution >= 0.6 is 0 Å². The molecule has 0 fully saturated rings. The molecule has 1 radical (unpaired) electrons. The van der Waals surface area contributed by atoms with Gasteiger partial charge in [-0.1, -0.05) is 12.1 Å².